The molecule has 20 aromatic rings. The Labute approximate surface area is 910 Å². The summed E-state index contributed by atoms with van der Waals surface area (Å²) >= 11 is 0. The molecule has 744 valence electrons. The van der Waals surface area contributed by atoms with E-state index < -0.39 is 0 Å². The van der Waals surface area contributed by atoms with Crippen LogP contribution in [0, 0.1) is 38.1 Å². The van der Waals surface area contributed by atoms with Crippen molar-refractivity contribution in [1.29, 1.82) is 0 Å². The zero-order chi connectivity index (χ0) is 101. The molecule has 0 spiro atoms. The molecule has 8 N–H and O–H groups in total. The first-order valence-electron chi connectivity index (χ1n) is 47.2. The van der Waals surface area contributed by atoms with Gasteiger partial charge in [0.15, 0.2) is 0 Å². The maximum Gasteiger partial charge on any atom is 0.316 e. The summed E-state index contributed by atoms with van der Waals surface area (Å²) in [6.45, 7) is 29.8. The van der Waals surface area contributed by atoms with Crippen molar-refractivity contribution in [2.75, 3.05) is 0 Å². The van der Waals surface area contributed by atoms with Crippen LogP contribution in [-0.2, 0) is 91.3 Å². The zero-order valence-electron chi connectivity index (χ0n) is 84.7. The minimum absolute atomic E-state index is 0. The van der Waals surface area contributed by atoms with Crippen LogP contribution >= 0.6 is 0 Å². The summed E-state index contributed by atoms with van der Waals surface area (Å²) < 4.78 is 0. The Morgan fingerprint density at radius 2 is 0.479 bits per heavy atom. The molecular weight excluding hydrogens is 2510 g/mol. The standard InChI is InChI=1S/2C29H24N.C27H20N.C25H16N.4C5H8O2.4Ir/c1-29(2,3)24-14-11-20(12-15-24)22-8-6-9-23(19-22)28-27-16-13-21-7-4-5-10-25(21)26(27)17-18-30-28;1-29(2,3)24-13-15-25-22(19-24)12-14-27-26(25)16-17-30-28(27)23-11-7-10-21(18-23)20-8-5-4-6-9-20;1-18-14-19(2)16-23(15-18)21-7-5-8-22(17-21)27-26-11-10-20-6-3-4-9-24(20)25(26)12-13-28-27;1-2-7-18(8-3-1)20-10-6-11-21(17-20)25-24-14-13-19-9-4-5-12-22(19)23(24)15-16-26-25;4*1-4(6)3-5(2)7;;;;/h4-8,10-19H,1-3H3;4-10,12-19H,1-3H3;3-7,9-17H,1-2H3;1-10,12-17H;4*3,6H,1-2H3;;;;/q4*-1;;;;;;;;/p+4. The fourth-order valence-corrected chi connectivity index (χ4v) is 17.0. The number of benzene rings is 16. The van der Waals surface area contributed by atoms with Gasteiger partial charge in [0.1, 0.15) is 0 Å². The van der Waals surface area contributed by atoms with Gasteiger partial charge in [-0.3, -0.25) is 19.2 Å². The molecule has 0 fully saturated rings. The molecule has 16 aromatic carbocycles. The molecule has 0 saturated carbocycles. The molecule has 12 nitrogen and oxygen atoms in total. The number of ketones is 4. The number of hydrogen-bond acceptors (Lipinski definition) is 8. The summed E-state index contributed by atoms with van der Waals surface area (Å²) in [7, 11) is 0. The van der Waals surface area contributed by atoms with Gasteiger partial charge < -0.3 is 40.4 Å². The maximum atomic E-state index is 8.40. The van der Waals surface area contributed by atoms with Crippen molar-refractivity contribution < 1.29 is 120 Å². The van der Waals surface area contributed by atoms with E-state index in [1.165, 1.54) is 211 Å². The maximum absolute atomic E-state index is 8.40. The molecule has 0 unspecified atom stereocenters. The summed E-state index contributed by atoms with van der Waals surface area (Å²) in [5.74, 6) is 1.00. The van der Waals surface area contributed by atoms with Crippen LogP contribution in [0.4, 0.5) is 0 Å². The number of fused-ring (bicyclic) bond motifs is 12. The zero-order valence-corrected chi connectivity index (χ0v) is 94.2. The molecule has 0 aliphatic carbocycles. The van der Waals surface area contributed by atoms with Gasteiger partial charge in [0.2, 0.25) is 0 Å². The third kappa shape index (κ3) is 31.3. The minimum Gasteiger partial charge on any atom is -0.512 e. The van der Waals surface area contributed by atoms with Crippen molar-refractivity contribution in [3.8, 4) is 89.5 Å². The monoisotopic (exact) mass is 2640 g/mol. The van der Waals surface area contributed by atoms with Gasteiger partial charge in [0, 0.05) is 105 Å². The number of aliphatic hydroxyl groups excluding tert-OH is 4. The van der Waals surface area contributed by atoms with E-state index in [0.717, 1.165) is 66.6 Å². The minimum atomic E-state index is 0. The number of hydrogen-bond donors (Lipinski definition) is 4. The second-order valence-electron chi connectivity index (χ2n) is 37.2. The van der Waals surface area contributed by atoms with Crippen LogP contribution in [0.5, 0.6) is 0 Å². The Morgan fingerprint density at radius 3 is 0.753 bits per heavy atom. The number of aromatic nitrogens is 4. The molecule has 4 radical (unpaired) electrons. The van der Waals surface area contributed by atoms with Crippen molar-refractivity contribution in [3.63, 3.8) is 0 Å². The smallest absolute Gasteiger partial charge is 0.316 e. The summed E-state index contributed by atoms with van der Waals surface area (Å²) in [6, 6.07) is 133. The third-order valence-electron chi connectivity index (χ3n) is 23.4. The van der Waals surface area contributed by atoms with E-state index in [-0.39, 0.29) is 137 Å². The Morgan fingerprint density at radius 1 is 0.233 bits per heavy atom. The summed E-state index contributed by atoms with van der Waals surface area (Å²) in [5, 5.41) is 53.2. The van der Waals surface area contributed by atoms with Gasteiger partial charge in [-0.25, -0.2) is 0 Å². The first-order valence-corrected chi connectivity index (χ1v) is 47.2. The second-order valence-corrected chi connectivity index (χ2v) is 37.2. The van der Waals surface area contributed by atoms with E-state index >= 15 is 0 Å². The number of nitrogens with zero attached hydrogens (tertiary/aromatic N) is 4. The van der Waals surface area contributed by atoms with Gasteiger partial charge in [0.25, 0.3) is 0 Å². The predicted octanol–water partition coefficient (Wildman–Crippen LogP) is 33.3. The normalized spacial score (nSPS) is 11.2. The van der Waals surface area contributed by atoms with Gasteiger partial charge >= 0.3 is 23.1 Å². The second kappa shape index (κ2) is 54.0. The number of pyridine rings is 4. The van der Waals surface area contributed by atoms with Crippen LogP contribution in [0.25, 0.3) is 176 Å². The Kier molecular flexibility index (Phi) is 42.6. The largest absolute Gasteiger partial charge is 0.512 e. The fraction of sp³-hybridized carbons (Fsp3) is 0.138. The van der Waals surface area contributed by atoms with Crippen LogP contribution < -0.4 is 0 Å². The van der Waals surface area contributed by atoms with Gasteiger partial charge in [-0.15, -0.1) is 142 Å². The number of aryl methyl sites for hydroxylation is 2. The van der Waals surface area contributed by atoms with Gasteiger partial charge in [0.05, 0.1) is 75.0 Å². The van der Waals surface area contributed by atoms with Crippen molar-refractivity contribution in [2.24, 2.45) is 0 Å². The number of allylic oxidation sites excluding steroid dienone is 8. The molecule has 0 bridgehead atoms. The quantitative estimate of drug-likeness (QED) is 0.0302. The van der Waals surface area contributed by atoms with Crippen molar-refractivity contribution in [3.05, 3.63) is 458 Å². The molecule has 0 saturated heterocycles. The van der Waals surface area contributed by atoms with E-state index in [9.17, 15) is 0 Å². The molecule has 20 rings (SSSR count). The SMILES string of the molecule is CC(=[OH+])C=C(C)O.CC(=[OH+])C=C(C)O.CC(=[OH+])C=C(C)O.CC(=[OH+])C=C(C)O.CC(C)(C)c1ccc(-c2cc[c-]c(-c3nccc4c3ccc3ccccc34)c2)cc1.CC(C)(C)c1ccc2c(ccc3c(-c4[c-]ccc(-c5ccccc5)c4)nccc32)c1.Cc1cc(C)cc(-c2cc[c-]c(-c3nccc4c3ccc3ccccc34)c2)c1.[Ir].[Ir].[Ir].[Ir].[c-]1ccc(-c2ccccc2)cc1-c1nccc2c1ccc1ccccc12. The average molecular weight is 2640 g/mol. The van der Waals surface area contributed by atoms with E-state index in [2.05, 4.69) is 388 Å². The van der Waals surface area contributed by atoms with E-state index in [1.807, 2.05) is 61.2 Å². The van der Waals surface area contributed by atoms with E-state index in [1.54, 1.807) is 0 Å². The topological polar surface area (TPSA) is 218 Å². The summed E-state index contributed by atoms with van der Waals surface area (Å²) in [5.41, 5.74) is 23.1. The van der Waals surface area contributed by atoms with Crippen LogP contribution in [0.1, 0.15) is 119 Å². The van der Waals surface area contributed by atoms with Gasteiger partial charge in [-0.05, 0) is 219 Å². The summed E-state index contributed by atoms with van der Waals surface area (Å²) in [4.78, 5) is 52.5. The van der Waals surface area contributed by atoms with Crippen LogP contribution in [-0.4, -0.2) is 82.7 Å². The number of carbonyl (C=O) groups excluding carboxylic acids is 4. The van der Waals surface area contributed by atoms with Crippen LogP contribution in [0.2, 0.25) is 0 Å². The van der Waals surface area contributed by atoms with E-state index in [4.69, 9.17) is 54.6 Å². The number of rotatable bonds is 12. The first-order chi connectivity index (χ1) is 68.1. The van der Waals surface area contributed by atoms with Crippen molar-refractivity contribution in [2.45, 2.75) is 122 Å². The Balaban J connectivity index is 0.000000197. The molecule has 16 heteroatoms. The number of aliphatic hydroxyl groups is 4. The molecule has 0 amide bonds. The van der Waals surface area contributed by atoms with E-state index in [0.29, 0.717) is 0 Å². The van der Waals surface area contributed by atoms with Gasteiger partial charge in [-0.1, -0.05) is 295 Å². The summed E-state index contributed by atoms with van der Waals surface area (Å²) in [6.07, 6.45) is 12.7. The Hall–Kier alpha value is -14.4. The average Bonchev–Trinajstić information content (AvgIpc) is 0.768. The van der Waals surface area contributed by atoms with Crippen LogP contribution in [0.15, 0.2) is 412 Å². The molecule has 4 aromatic heterocycles. The fourth-order valence-electron chi connectivity index (χ4n) is 17.0. The molecule has 0 aliphatic heterocycles. The van der Waals surface area contributed by atoms with Crippen molar-refractivity contribution in [1.82, 2.24) is 19.9 Å². The molecule has 4 heterocycles. The molecule has 146 heavy (non-hydrogen) atoms. The first kappa shape index (κ1) is 115. The molecular formula is C130H120Ir4N4O8. The van der Waals surface area contributed by atoms with Crippen molar-refractivity contribution >= 4 is 109 Å². The van der Waals surface area contributed by atoms with Gasteiger partial charge in [-0.2, -0.15) is 0 Å². The van der Waals surface area contributed by atoms with Crippen LogP contribution in [0.3, 0.4) is 0 Å². The molecule has 0 aliphatic rings. The third-order valence-corrected chi connectivity index (χ3v) is 23.4. The molecule has 0 atom stereocenters. The predicted molar refractivity (Wildman–Crippen MR) is 599 cm³/mol. The Bertz CT molecular complexity index is 7980.